The smallest absolute Gasteiger partial charge is 0.245 e. The van der Waals surface area contributed by atoms with Crippen LogP contribution >= 0.6 is 0 Å². The zero-order chi connectivity index (χ0) is 44.6. The molecule has 2 aliphatic rings. The van der Waals surface area contributed by atoms with E-state index in [0.717, 1.165) is 45.4 Å². The summed E-state index contributed by atoms with van der Waals surface area (Å²) in [4.78, 5) is 25.3. The van der Waals surface area contributed by atoms with Gasteiger partial charge in [-0.15, -0.1) is 0 Å². The van der Waals surface area contributed by atoms with Gasteiger partial charge in [0.2, 0.25) is 11.8 Å². The van der Waals surface area contributed by atoms with Gasteiger partial charge in [0.05, 0.1) is 17.3 Å². The SMILES string of the molecule is CC(C)=CO[C@H]1NC(=O)[C@H]1NC(c1ccccc1)(c1ccccc1)c1ccccc1.CCCCCCCCO[C@H]1NC(=O)[C@H]1NC(c1ccccc1)(c1ccccc1)c1ccccc1. The Hall–Kier alpha value is -6.32. The maximum Gasteiger partial charge on any atom is 0.245 e. The maximum absolute atomic E-state index is 12.8. The summed E-state index contributed by atoms with van der Waals surface area (Å²) in [5.74, 6) is -0.102. The number of amides is 2. The van der Waals surface area contributed by atoms with Crippen LogP contribution < -0.4 is 21.3 Å². The summed E-state index contributed by atoms with van der Waals surface area (Å²) in [5, 5.41) is 13.2. The van der Waals surface area contributed by atoms with Gasteiger partial charge >= 0.3 is 0 Å². The molecule has 8 nitrogen and oxygen atoms in total. The molecule has 4 atom stereocenters. The second-order valence-electron chi connectivity index (χ2n) is 16.8. The van der Waals surface area contributed by atoms with Gasteiger partial charge in [0, 0.05) is 6.61 Å². The van der Waals surface area contributed by atoms with Gasteiger partial charge in [0.1, 0.15) is 12.1 Å². The van der Waals surface area contributed by atoms with Crippen LogP contribution in [0.5, 0.6) is 0 Å². The van der Waals surface area contributed by atoms with Crippen LogP contribution in [0.2, 0.25) is 0 Å². The lowest BCUT2D eigenvalue weighted by molar-refractivity contribution is -0.148. The second kappa shape index (κ2) is 22.3. The molecular weight excluding hydrogens is 793 g/mol. The molecular formula is C56H62N4O4. The van der Waals surface area contributed by atoms with Gasteiger partial charge in [-0.25, -0.2) is 0 Å². The molecule has 2 aliphatic heterocycles. The monoisotopic (exact) mass is 854 g/mol. The Morgan fingerprint density at radius 3 is 1.12 bits per heavy atom. The highest BCUT2D eigenvalue weighted by molar-refractivity contribution is 5.89. The van der Waals surface area contributed by atoms with E-state index >= 15 is 0 Å². The van der Waals surface area contributed by atoms with Crippen molar-refractivity contribution in [2.24, 2.45) is 0 Å². The van der Waals surface area contributed by atoms with Crippen molar-refractivity contribution in [1.29, 1.82) is 0 Å². The molecule has 0 saturated carbocycles. The van der Waals surface area contributed by atoms with Crippen molar-refractivity contribution in [3.8, 4) is 0 Å². The molecule has 330 valence electrons. The highest BCUT2D eigenvalue weighted by Gasteiger charge is 2.49. The molecule has 2 fully saturated rings. The first-order valence-corrected chi connectivity index (χ1v) is 22.8. The Morgan fingerprint density at radius 2 is 0.797 bits per heavy atom. The number of unbranched alkanes of at least 4 members (excludes halogenated alkanes) is 5. The van der Waals surface area contributed by atoms with E-state index in [1.54, 1.807) is 6.26 Å². The van der Waals surface area contributed by atoms with E-state index in [4.69, 9.17) is 9.47 Å². The Bertz CT molecular complexity index is 2170. The molecule has 6 aromatic carbocycles. The first kappa shape index (κ1) is 45.7. The van der Waals surface area contributed by atoms with Crippen molar-refractivity contribution in [2.45, 2.75) is 94.9 Å². The quantitative estimate of drug-likeness (QED) is 0.0264. The van der Waals surface area contributed by atoms with Gasteiger partial charge in [0.25, 0.3) is 0 Å². The molecule has 64 heavy (non-hydrogen) atoms. The number of ether oxygens (including phenoxy) is 2. The Morgan fingerprint density at radius 1 is 0.484 bits per heavy atom. The minimum absolute atomic E-state index is 0.0277. The lowest BCUT2D eigenvalue weighted by atomic mass is 9.76. The number of hydrogen-bond acceptors (Lipinski definition) is 6. The van der Waals surface area contributed by atoms with E-state index < -0.39 is 29.4 Å². The molecule has 0 spiro atoms. The van der Waals surface area contributed by atoms with Crippen LogP contribution in [-0.4, -0.2) is 43.0 Å². The molecule has 8 rings (SSSR count). The Kier molecular flexibility index (Phi) is 16.0. The van der Waals surface area contributed by atoms with Gasteiger partial charge in [0.15, 0.2) is 12.5 Å². The number of hydrogen-bond donors (Lipinski definition) is 4. The summed E-state index contributed by atoms with van der Waals surface area (Å²) in [6.07, 6.45) is 8.19. The van der Waals surface area contributed by atoms with E-state index in [9.17, 15) is 9.59 Å². The van der Waals surface area contributed by atoms with Crippen LogP contribution in [-0.2, 0) is 30.1 Å². The molecule has 0 bridgehead atoms. The molecule has 0 unspecified atom stereocenters. The average molecular weight is 855 g/mol. The summed E-state index contributed by atoms with van der Waals surface area (Å²) in [5.41, 5.74) is 6.07. The normalized spacial score (nSPS) is 17.9. The zero-order valence-electron chi connectivity index (χ0n) is 37.3. The molecule has 2 amide bonds. The summed E-state index contributed by atoms with van der Waals surface area (Å²) in [7, 11) is 0. The van der Waals surface area contributed by atoms with Crippen LogP contribution in [0.1, 0.15) is 92.7 Å². The van der Waals surface area contributed by atoms with Crippen LogP contribution in [0.3, 0.4) is 0 Å². The predicted molar refractivity (Wildman–Crippen MR) is 256 cm³/mol. The maximum atomic E-state index is 12.8. The van der Waals surface area contributed by atoms with Gasteiger partial charge in [-0.1, -0.05) is 221 Å². The van der Waals surface area contributed by atoms with Gasteiger partial charge < -0.3 is 20.1 Å². The van der Waals surface area contributed by atoms with Crippen molar-refractivity contribution < 1.29 is 19.1 Å². The fourth-order valence-electron chi connectivity index (χ4n) is 8.64. The fraction of sp³-hybridized carbons (Fsp3) is 0.286. The summed E-state index contributed by atoms with van der Waals surface area (Å²) in [6, 6.07) is 60.8. The third-order valence-corrected chi connectivity index (χ3v) is 12.0. The van der Waals surface area contributed by atoms with E-state index in [2.05, 4.69) is 101 Å². The number of β-lactam (4-membered cyclic amide) rings is 2. The highest BCUT2D eigenvalue weighted by Crippen LogP contribution is 2.40. The molecule has 2 saturated heterocycles. The molecule has 0 aromatic heterocycles. The average Bonchev–Trinajstić information content (AvgIpc) is 3.34. The third kappa shape index (κ3) is 10.5. The van der Waals surface area contributed by atoms with Crippen molar-refractivity contribution in [1.82, 2.24) is 21.3 Å². The van der Waals surface area contributed by atoms with E-state index in [1.807, 2.05) is 123 Å². The summed E-state index contributed by atoms with van der Waals surface area (Å²) >= 11 is 0. The highest BCUT2D eigenvalue weighted by atomic mass is 16.5. The summed E-state index contributed by atoms with van der Waals surface area (Å²) in [6.45, 7) is 6.82. The number of rotatable bonds is 20. The van der Waals surface area contributed by atoms with Gasteiger partial charge in [-0.05, 0) is 59.2 Å². The van der Waals surface area contributed by atoms with Crippen LogP contribution in [0.4, 0.5) is 0 Å². The largest absolute Gasteiger partial charge is 0.476 e. The zero-order valence-corrected chi connectivity index (χ0v) is 37.3. The van der Waals surface area contributed by atoms with Crippen LogP contribution in [0.15, 0.2) is 194 Å². The van der Waals surface area contributed by atoms with Crippen molar-refractivity contribution in [3.05, 3.63) is 227 Å². The third-order valence-electron chi connectivity index (χ3n) is 12.0. The molecule has 8 heteroatoms. The lowest BCUT2D eigenvalue weighted by Crippen LogP contribution is -2.72. The molecule has 2 heterocycles. The number of nitrogens with one attached hydrogen (secondary N) is 4. The number of allylic oxidation sites excluding steroid dienone is 1. The van der Waals surface area contributed by atoms with E-state index in [-0.39, 0.29) is 18.0 Å². The fourth-order valence-corrected chi connectivity index (χ4v) is 8.64. The number of benzene rings is 6. The minimum atomic E-state index is -0.710. The van der Waals surface area contributed by atoms with Crippen LogP contribution in [0.25, 0.3) is 0 Å². The van der Waals surface area contributed by atoms with Gasteiger partial charge in [-0.2, -0.15) is 0 Å². The van der Waals surface area contributed by atoms with Crippen LogP contribution in [0, 0.1) is 0 Å². The molecule has 6 aromatic rings. The summed E-state index contributed by atoms with van der Waals surface area (Å²) < 4.78 is 11.9. The van der Waals surface area contributed by atoms with E-state index in [1.165, 1.54) is 32.1 Å². The minimum Gasteiger partial charge on any atom is -0.476 e. The van der Waals surface area contributed by atoms with E-state index in [0.29, 0.717) is 6.61 Å². The van der Waals surface area contributed by atoms with Crippen molar-refractivity contribution >= 4 is 11.8 Å². The standard InChI is InChI=1S/C30H36N2O2.C26H26N2O2/c1-2-3-4-5-6-16-23-34-29-27(28(33)31-29)32-30(24-17-10-7-11-18-24,25-19-12-8-13-20-25)26-21-14-9-15-22-26;1-19(2)18-30-25-23(24(29)27-25)28-26(20-12-6-3-7-13-20,21-14-8-4-9-15-21)22-16-10-5-11-17-22/h7-15,17-22,27,29,32H,2-6,16,23H2,1H3,(H,31,33);3-18,23,25,28H,1-2H3,(H,27,29)/t27-,29-;23-,25-/m11/s1. The Labute approximate surface area is 379 Å². The van der Waals surface area contributed by atoms with Crippen molar-refractivity contribution in [2.75, 3.05) is 6.61 Å². The van der Waals surface area contributed by atoms with Crippen molar-refractivity contribution in [3.63, 3.8) is 0 Å². The molecule has 0 aliphatic carbocycles. The first-order valence-electron chi connectivity index (χ1n) is 22.8. The Balaban J connectivity index is 0.000000193. The number of carbonyl (C=O) groups excluding carboxylic acids is 2. The first-order chi connectivity index (χ1) is 31.4. The predicted octanol–water partition coefficient (Wildman–Crippen LogP) is 10.1. The van der Waals surface area contributed by atoms with Gasteiger partial charge in [-0.3, -0.25) is 20.2 Å². The topological polar surface area (TPSA) is 101 Å². The lowest BCUT2D eigenvalue weighted by Gasteiger charge is -2.45. The second-order valence-corrected chi connectivity index (χ2v) is 16.8. The molecule has 0 radical (unpaired) electrons. The number of carbonyl (C=O) groups is 2. The molecule has 4 N–H and O–H groups in total.